The Kier molecular flexibility index (Phi) is 4.96. The van der Waals surface area contributed by atoms with Crippen LogP contribution in [0.2, 0.25) is 5.02 Å². The standard InChI is InChI=1S/C13H20ClN3O2/c1-19-6-5-17-12(11(14)8-16-17)13(18)10-4-2-3-9(10)7-15/h8-10H,2-7,15H2,1H3. The predicted molar refractivity (Wildman–Crippen MR) is 73.3 cm³/mol. The number of hydrogen-bond acceptors (Lipinski definition) is 4. The van der Waals surface area contributed by atoms with E-state index in [9.17, 15) is 4.79 Å². The second-order valence-electron chi connectivity index (χ2n) is 4.95. The first-order valence-electron chi connectivity index (χ1n) is 6.63. The average molecular weight is 286 g/mol. The van der Waals surface area contributed by atoms with Gasteiger partial charge in [-0.25, -0.2) is 0 Å². The quantitative estimate of drug-likeness (QED) is 0.808. The zero-order valence-corrected chi connectivity index (χ0v) is 11.9. The highest BCUT2D eigenvalue weighted by atomic mass is 35.5. The summed E-state index contributed by atoms with van der Waals surface area (Å²) >= 11 is 6.11. The molecule has 1 fully saturated rings. The van der Waals surface area contributed by atoms with Gasteiger partial charge in [0, 0.05) is 13.0 Å². The van der Waals surface area contributed by atoms with Crippen molar-refractivity contribution in [3.63, 3.8) is 0 Å². The summed E-state index contributed by atoms with van der Waals surface area (Å²) in [6.45, 7) is 1.59. The molecule has 1 aromatic rings. The van der Waals surface area contributed by atoms with E-state index in [1.54, 1.807) is 11.8 Å². The fourth-order valence-corrected chi connectivity index (χ4v) is 3.03. The smallest absolute Gasteiger partial charge is 0.185 e. The Labute approximate surface area is 118 Å². The highest BCUT2D eigenvalue weighted by Gasteiger charge is 2.35. The molecule has 0 spiro atoms. The van der Waals surface area contributed by atoms with Crippen molar-refractivity contribution in [1.82, 2.24) is 9.78 Å². The first kappa shape index (κ1) is 14.5. The van der Waals surface area contributed by atoms with Crippen LogP contribution in [0.3, 0.4) is 0 Å². The maximum atomic E-state index is 12.6. The maximum Gasteiger partial charge on any atom is 0.185 e. The van der Waals surface area contributed by atoms with Crippen LogP contribution in [0.1, 0.15) is 29.8 Å². The third kappa shape index (κ3) is 2.99. The van der Waals surface area contributed by atoms with Crippen molar-refractivity contribution in [2.24, 2.45) is 17.6 Å². The van der Waals surface area contributed by atoms with Crippen LogP contribution in [-0.2, 0) is 11.3 Å². The fraction of sp³-hybridized carbons (Fsp3) is 0.692. The normalized spacial score (nSPS) is 22.9. The molecule has 2 N–H and O–H groups in total. The molecule has 5 nitrogen and oxygen atoms in total. The number of halogens is 1. The molecule has 1 aliphatic rings. The van der Waals surface area contributed by atoms with E-state index < -0.39 is 0 Å². The number of ether oxygens (including phenoxy) is 1. The summed E-state index contributed by atoms with van der Waals surface area (Å²) in [4.78, 5) is 12.6. The Morgan fingerprint density at radius 2 is 2.42 bits per heavy atom. The molecule has 2 atom stereocenters. The van der Waals surface area contributed by atoms with Crippen molar-refractivity contribution in [3.8, 4) is 0 Å². The van der Waals surface area contributed by atoms with Gasteiger partial charge in [0.15, 0.2) is 5.78 Å². The van der Waals surface area contributed by atoms with Crippen molar-refractivity contribution in [3.05, 3.63) is 16.9 Å². The Balaban J connectivity index is 2.20. The highest BCUT2D eigenvalue weighted by Crippen LogP contribution is 2.34. The van der Waals surface area contributed by atoms with E-state index >= 15 is 0 Å². The van der Waals surface area contributed by atoms with Crippen molar-refractivity contribution >= 4 is 17.4 Å². The van der Waals surface area contributed by atoms with Gasteiger partial charge in [0.05, 0.1) is 24.4 Å². The number of hydrogen-bond donors (Lipinski definition) is 1. The third-order valence-electron chi connectivity index (χ3n) is 3.83. The topological polar surface area (TPSA) is 70.1 Å². The lowest BCUT2D eigenvalue weighted by Crippen LogP contribution is -2.27. The molecule has 0 saturated heterocycles. The van der Waals surface area contributed by atoms with E-state index in [0.29, 0.717) is 30.4 Å². The van der Waals surface area contributed by atoms with Crippen LogP contribution in [0.4, 0.5) is 0 Å². The molecular weight excluding hydrogens is 266 g/mol. The van der Waals surface area contributed by atoms with Crippen molar-refractivity contribution in [2.45, 2.75) is 25.8 Å². The molecule has 0 aliphatic heterocycles. The first-order valence-corrected chi connectivity index (χ1v) is 7.01. The number of Topliss-reactive ketones (excluding diaryl/α,β-unsaturated/α-hetero) is 1. The summed E-state index contributed by atoms with van der Waals surface area (Å²) in [6, 6.07) is 0. The van der Waals surface area contributed by atoms with Crippen LogP contribution < -0.4 is 5.73 Å². The van der Waals surface area contributed by atoms with E-state index in [2.05, 4.69) is 5.10 Å². The van der Waals surface area contributed by atoms with Crippen LogP contribution in [0, 0.1) is 11.8 Å². The number of carbonyl (C=O) groups is 1. The van der Waals surface area contributed by atoms with E-state index in [4.69, 9.17) is 22.1 Å². The number of methoxy groups -OCH3 is 1. The van der Waals surface area contributed by atoms with Gasteiger partial charge in [-0.3, -0.25) is 9.48 Å². The summed E-state index contributed by atoms with van der Waals surface area (Å²) in [5, 5.41) is 4.57. The molecule has 0 aromatic carbocycles. The minimum atomic E-state index is -0.0134. The number of aromatic nitrogens is 2. The van der Waals surface area contributed by atoms with Gasteiger partial charge in [-0.2, -0.15) is 5.10 Å². The molecule has 6 heteroatoms. The average Bonchev–Trinajstić information content (AvgIpc) is 3.02. The van der Waals surface area contributed by atoms with Crippen molar-refractivity contribution in [1.29, 1.82) is 0 Å². The second-order valence-corrected chi connectivity index (χ2v) is 5.36. The highest BCUT2D eigenvalue weighted by molar-refractivity contribution is 6.33. The molecular formula is C13H20ClN3O2. The molecule has 1 aromatic heterocycles. The van der Waals surface area contributed by atoms with Gasteiger partial charge in [0.1, 0.15) is 5.69 Å². The van der Waals surface area contributed by atoms with Gasteiger partial charge < -0.3 is 10.5 Å². The lowest BCUT2D eigenvalue weighted by Gasteiger charge is -2.17. The van der Waals surface area contributed by atoms with E-state index in [-0.39, 0.29) is 17.6 Å². The summed E-state index contributed by atoms with van der Waals surface area (Å²) in [6.07, 6.45) is 4.50. The molecule has 1 saturated carbocycles. The number of nitrogens with zero attached hydrogens (tertiary/aromatic N) is 2. The number of nitrogens with two attached hydrogens (primary N) is 1. The van der Waals surface area contributed by atoms with Crippen LogP contribution in [0.25, 0.3) is 0 Å². The Morgan fingerprint density at radius 3 is 3.11 bits per heavy atom. The zero-order chi connectivity index (χ0) is 13.8. The van der Waals surface area contributed by atoms with Crippen LogP contribution >= 0.6 is 11.6 Å². The molecule has 1 aliphatic carbocycles. The lowest BCUT2D eigenvalue weighted by atomic mass is 9.90. The molecule has 2 unspecified atom stereocenters. The van der Waals surface area contributed by atoms with Gasteiger partial charge in [-0.1, -0.05) is 18.0 Å². The molecule has 2 rings (SSSR count). The van der Waals surface area contributed by atoms with E-state index in [1.165, 1.54) is 6.20 Å². The molecule has 19 heavy (non-hydrogen) atoms. The summed E-state index contributed by atoms with van der Waals surface area (Å²) in [5.74, 6) is 0.335. The largest absolute Gasteiger partial charge is 0.383 e. The minimum Gasteiger partial charge on any atom is -0.383 e. The van der Waals surface area contributed by atoms with E-state index in [1.807, 2.05) is 0 Å². The lowest BCUT2D eigenvalue weighted by molar-refractivity contribution is 0.0879. The molecule has 0 amide bonds. The SMILES string of the molecule is COCCn1ncc(Cl)c1C(=O)C1CCCC1CN. The summed E-state index contributed by atoms with van der Waals surface area (Å²) in [7, 11) is 1.62. The summed E-state index contributed by atoms with van der Waals surface area (Å²) < 4.78 is 6.66. The predicted octanol–water partition coefficient (Wildman–Crippen LogP) is 1.74. The molecule has 106 valence electrons. The number of rotatable bonds is 6. The second kappa shape index (κ2) is 6.50. The van der Waals surface area contributed by atoms with Crippen LogP contribution in [0.5, 0.6) is 0 Å². The van der Waals surface area contributed by atoms with Gasteiger partial charge in [-0.15, -0.1) is 0 Å². The number of ketones is 1. The monoisotopic (exact) mass is 285 g/mol. The first-order chi connectivity index (χ1) is 9.19. The van der Waals surface area contributed by atoms with Gasteiger partial charge in [0.25, 0.3) is 0 Å². The molecule has 0 radical (unpaired) electrons. The van der Waals surface area contributed by atoms with E-state index in [0.717, 1.165) is 19.3 Å². The molecule has 1 heterocycles. The van der Waals surface area contributed by atoms with Gasteiger partial charge >= 0.3 is 0 Å². The van der Waals surface area contributed by atoms with Crippen molar-refractivity contribution in [2.75, 3.05) is 20.3 Å². The van der Waals surface area contributed by atoms with Crippen LogP contribution in [-0.4, -0.2) is 35.8 Å². The third-order valence-corrected chi connectivity index (χ3v) is 4.11. The number of carbonyl (C=O) groups excluding carboxylic acids is 1. The summed E-state index contributed by atoms with van der Waals surface area (Å²) in [5.41, 5.74) is 6.25. The van der Waals surface area contributed by atoms with Gasteiger partial charge in [-0.05, 0) is 25.3 Å². The zero-order valence-electron chi connectivity index (χ0n) is 11.1. The Bertz CT molecular complexity index is 447. The van der Waals surface area contributed by atoms with Crippen molar-refractivity contribution < 1.29 is 9.53 Å². The Hall–Kier alpha value is -0.910. The van der Waals surface area contributed by atoms with Crippen LogP contribution in [0.15, 0.2) is 6.20 Å². The fourth-order valence-electron chi connectivity index (χ4n) is 2.79. The minimum absolute atomic E-state index is 0.0134. The van der Waals surface area contributed by atoms with Gasteiger partial charge in [0.2, 0.25) is 0 Å². The molecule has 0 bridgehead atoms. The maximum absolute atomic E-state index is 12.6. The Morgan fingerprint density at radius 1 is 1.63 bits per heavy atom.